The molecule has 0 rings (SSSR count). The SMILES string of the molecule is CNCCCC(CO)CO. The monoisotopic (exact) mass is 147 g/mol. The van der Waals surface area contributed by atoms with Gasteiger partial charge in [-0.1, -0.05) is 0 Å². The van der Waals surface area contributed by atoms with Crippen LogP contribution in [0.1, 0.15) is 12.8 Å². The van der Waals surface area contributed by atoms with Crippen LogP contribution in [0.3, 0.4) is 0 Å². The Morgan fingerprint density at radius 1 is 1.30 bits per heavy atom. The van der Waals surface area contributed by atoms with Crippen LogP contribution in [0.25, 0.3) is 0 Å². The normalized spacial score (nSPS) is 10.8. The summed E-state index contributed by atoms with van der Waals surface area (Å²) in [6, 6.07) is 0. The highest BCUT2D eigenvalue weighted by molar-refractivity contribution is 4.55. The standard InChI is InChI=1S/C7H17NO2/c1-8-4-2-3-7(5-9)6-10/h7-10H,2-6H2,1H3. The Morgan fingerprint density at radius 2 is 1.90 bits per heavy atom. The maximum Gasteiger partial charge on any atom is 0.0481 e. The predicted molar refractivity (Wildman–Crippen MR) is 40.8 cm³/mol. The van der Waals surface area contributed by atoms with Crippen molar-refractivity contribution >= 4 is 0 Å². The second-order valence-corrected chi connectivity index (χ2v) is 2.48. The number of hydrogen-bond acceptors (Lipinski definition) is 3. The zero-order chi connectivity index (χ0) is 7.82. The van der Waals surface area contributed by atoms with Crippen molar-refractivity contribution in [2.75, 3.05) is 26.8 Å². The smallest absolute Gasteiger partial charge is 0.0481 e. The van der Waals surface area contributed by atoms with Crippen LogP contribution in [0.2, 0.25) is 0 Å². The van der Waals surface area contributed by atoms with Gasteiger partial charge >= 0.3 is 0 Å². The summed E-state index contributed by atoms with van der Waals surface area (Å²) in [4.78, 5) is 0. The van der Waals surface area contributed by atoms with E-state index in [1.54, 1.807) is 0 Å². The molecular formula is C7H17NO2. The molecule has 3 N–H and O–H groups in total. The molecule has 0 fully saturated rings. The van der Waals surface area contributed by atoms with E-state index < -0.39 is 0 Å². The summed E-state index contributed by atoms with van der Waals surface area (Å²) in [6.07, 6.45) is 1.91. The first-order chi connectivity index (χ1) is 4.85. The van der Waals surface area contributed by atoms with Crippen LogP contribution < -0.4 is 5.32 Å². The van der Waals surface area contributed by atoms with E-state index >= 15 is 0 Å². The topological polar surface area (TPSA) is 52.5 Å². The largest absolute Gasteiger partial charge is 0.396 e. The van der Waals surface area contributed by atoms with E-state index in [2.05, 4.69) is 5.32 Å². The third-order valence-electron chi connectivity index (χ3n) is 1.56. The van der Waals surface area contributed by atoms with E-state index in [0.29, 0.717) is 0 Å². The van der Waals surface area contributed by atoms with Gasteiger partial charge < -0.3 is 15.5 Å². The summed E-state index contributed by atoms with van der Waals surface area (Å²) in [7, 11) is 1.90. The molecule has 0 radical (unpaired) electrons. The average molecular weight is 147 g/mol. The summed E-state index contributed by atoms with van der Waals surface area (Å²) in [5.41, 5.74) is 0. The lowest BCUT2D eigenvalue weighted by Gasteiger charge is -2.09. The zero-order valence-corrected chi connectivity index (χ0v) is 6.51. The van der Waals surface area contributed by atoms with Gasteiger partial charge in [0.05, 0.1) is 0 Å². The molecule has 0 aromatic rings. The molecule has 0 aliphatic carbocycles. The Labute approximate surface area is 62.1 Å². The Hall–Kier alpha value is -0.120. The molecule has 0 saturated carbocycles. The molecule has 0 heterocycles. The molecular weight excluding hydrogens is 130 g/mol. The first-order valence-corrected chi connectivity index (χ1v) is 3.71. The highest BCUT2D eigenvalue weighted by Crippen LogP contribution is 2.02. The van der Waals surface area contributed by atoms with E-state index in [1.807, 2.05) is 7.05 Å². The second kappa shape index (κ2) is 6.99. The Morgan fingerprint density at radius 3 is 2.30 bits per heavy atom. The molecule has 3 nitrogen and oxygen atoms in total. The first kappa shape index (κ1) is 9.88. The minimum atomic E-state index is 0.0772. The fraction of sp³-hybridized carbons (Fsp3) is 1.00. The molecule has 0 aliphatic rings. The van der Waals surface area contributed by atoms with Gasteiger partial charge in [-0.25, -0.2) is 0 Å². The summed E-state index contributed by atoms with van der Waals surface area (Å²) in [5.74, 6) is 0.0772. The number of rotatable bonds is 6. The lowest BCUT2D eigenvalue weighted by Crippen LogP contribution is -2.14. The lowest BCUT2D eigenvalue weighted by atomic mass is 10.1. The minimum Gasteiger partial charge on any atom is -0.396 e. The third kappa shape index (κ3) is 4.73. The number of aliphatic hydroxyl groups excluding tert-OH is 2. The third-order valence-corrected chi connectivity index (χ3v) is 1.56. The Bertz CT molecular complexity index is 64.6. The van der Waals surface area contributed by atoms with E-state index in [4.69, 9.17) is 10.2 Å². The predicted octanol–water partition coefficient (Wildman–Crippen LogP) is -0.413. The first-order valence-electron chi connectivity index (χ1n) is 3.71. The molecule has 0 aliphatic heterocycles. The summed E-state index contributed by atoms with van der Waals surface area (Å²) in [5, 5.41) is 20.3. The summed E-state index contributed by atoms with van der Waals surface area (Å²) in [6.45, 7) is 1.15. The van der Waals surface area contributed by atoms with Crippen molar-refractivity contribution in [1.29, 1.82) is 0 Å². The molecule has 0 amide bonds. The van der Waals surface area contributed by atoms with Crippen molar-refractivity contribution in [1.82, 2.24) is 5.32 Å². The van der Waals surface area contributed by atoms with Crippen molar-refractivity contribution in [3.05, 3.63) is 0 Å². The molecule has 0 aromatic heterocycles. The molecule has 0 atom stereocenters. The average Bonchev–Trinajstić information content (AvgIpc) is 1.99. The van der Waals surface area contributed by atoms with Gasteiger partial charge in [-0.3, -0.25) is 0 Å². The second-order valence-electron chi connectivity index (χ2n) is 2.48. The molecule has 62 valence electrons. The van der Waals surface area contributed by atoms with Gasteiger partial charge in [-0.15, -0.1) is 0 Å². The van der Waals surface area contributed by atoms with Gasteiger partial charge in [0.1, 0.15) is 0 Å². The van der Waals surface area contributed by atoms with Crippen LogP contribution in [0.15, 0.2) is 0 Å². The number of nitrogens with one attached hydrogen (secondary N) is 1. The van der Waals surface area contributed by atoms with Crippen LogP contribution in [-0.2, 0) is 0 Å². The molecule has 0 bridgehead atoms. The van der Waals surface area contributed by atoms with E-state index in [1.165, 1.54) is 0 Å². The van der Waals surface area contributed by atoms with Crippen LogP contribution >= 0.6 is 0 Å². The van der Waals surface area contributed by atoms with Crippen LogP contribution in [-0.4, -0.2) is 37.0 Å². The van der Waals surface area contributed by atoms with Crippen molar-refractivity contribution in [2.45, 2.75) is 12.8 Å². The molecule has 0 spiro atoms. The zero-order valence-electron chi connectivity index (χ0n) is 6.51. The van der Waals surface area contributed by atoms with Gasteiger partial charge in [0.2, 0.25) is 0 Å². The molecule has 0 aromatic carbocycles. The summed E-state index contributed by atoms with van der Waals surface area (Å²) < 4.78 is 0. The molecule has 0 unspecified atom stereocenters. The molecule has 10 heavy (non-hydrogen) atoms. The Balaban J connectivity index is 3.09. The van der Waals surface area contributed by atoms with E-state index in [-0.39, 0.29) is 19.1 Å². The van der Waals surface area contributed by atoms with Gasteiger partial charge in [-0.05, 0) is 26.4 Å². The summed E-state index contributed by atoms with van der Waals surface area (Å²) >= 11 is 0. The van der Waals surface area contributed by atoms with Gasteiger partial charge in [0.15, 0.2) is 0 Å². The fourth-order valence-electron chi connectivity index (χ4n) is 0.808. The van der Waals surface area contributed by atoms with E-state index in [9.17, 15) is 0 Å². The maximum absolute atomic E-state index is 8.64. The molecule has 0 saturated heterocycles. The fourth-order valence-corrected chi connectivity index (χ4v) is 0.808. The van der Waals surface area contributed by atoms with Gasteiger partial charge in [0.25, 0.3) is 0 Å². The van der Waals surface area contributed by atoms with E-state index in [0.717, 1.165) is 19.4 Å². The van der Waals surface area contributed by atoms with Crippen molar-refractivity contribution in [3.8, 4) is 0 Å². The Kier molecular flexibility index (Phi) is 6.91. The van der Waals surface area contributed by atoms with Crippen molar-refractivity contribution in [3.63, 3.8) is 0 Å². The molecule has 3 heteroatoms. The van der Waals surface area contributed by atoms with Gasteiger partial charge in [0, 0.05) is 19.1 Å². The van der Waals surface area contributed by atoms with Crippen LogP contribution in [0.5, 0.6) is 0 Å². The van der Waals surface area contributed by atoms with Crippen molar-refractivity contribution in [2.24, 2.45) is 5.92 Å². The quantitative estimate of drug-likeness (QED) is 0.447. The highest BCUT2D eigenvalue weighted by Gasteiger charge is 2.03. The number of aliphatic hydroxyl groups is 2. The minimum absolute atomic E-state index is 0.0772. The van der Waals surface area contributed by atoms with Crippen LogP contribution in [0, 0.1) is 5.92 Å². The highest BCUT2D eigenvalue weighted by atomic mass is 16.3. The maximum atomic E-state index is 8.64. The van der Waals surface area contributed by atoms with Crippen molar-refractivity contribution < 1.29 is 10.2 Å². The lowest BCUT2D eigenvalue weighted by molar-refractivity contribution is 0.142. The van der Waals surface area contributed by atoms with Crippen LogP contribution in [0.4, 0.5) is 0 Å². The number of hydrogen-bond donors (Lipinski definition) is 3. The van der Waals surface area contributed by atoms with Gasteiger partial charge in [-0.2, -0.15) is 0 Å².